The molecule has 0 bridgehead atoms. The normalized spacial score (nSPS) is 11.5. The molecule has 1 aromatic carbocycles. The molecule has 0 heterocycles. The van der Waals surface area contributed by atoms with Crippen LogP contribution >= 0.6 is 0 Å². The van der Waals surface area contributed by atoms with Gasteiger partial charge in [0.2, 0.25) is 0 Å². The van der Waals surface area contributed by atoms with Gasteiger partial charge in [-0.2, -0.15) is 0 Å². The summed E-state index contributed by atoms with van der Waals surface area (Å²) in [7, 11) is -5.00. The van der Waals surface area contributed by atoms with E-state index >= 15 is 0 Å². The average Bonchev–Trinajstić information content (AvgIpc) is 2.81. The van der Waals surface area contributed by atoms with Crippen LogP contribution in [0.4, 0.5) is 0 Å². The summed E-state index contributed by atoms with van der Waals surface area (Å²) in [6.07, 6.45) is 17.1. The van der Waals surface area contributed by atoms with Crippen molar-refractivity contribution in [3.05, 3.63) is 53.6 Å². The van der Waals surface area contributed by atoms with Crippen molar-refractivity contribution in [1.29, 1.82) is 0 Å². The predicted octanol–water partition coefficient (Wildman–Crippen LogP) is 2.96. The maximum absolute atomic E-state index is 12.7. The predicted molar refractivity (Wildman–Crippen MR) is 131 cm³/mol. The van der Waals surface area contributed by atoms with Crippen LogP contribution in [0.1, 0.15) is 98.8 Å². The Labute approximate surface area is 232 Å². The molecule has 0 aliphatic rings. The molecule has 0 saturated carbocycles. The zero-order valence-electron chi connectivity index (χ0n) is 21.3. The first-order valence-electron chi connectivity index (χ1n) is 12.1. The Kier molecular flexibility index (Phi) is 18.9. The molecule has 0 aliphatic carbocycles. The van der Waals surface area contributed by atoms with Crippen molar-refractivity contribution in [3.63, 3.8) is 0 Å². The van der Waals surface area contributed by atoms with Gasteiger partial charge in [-0.15, -0.1) is 0 Å². The van der Waals surface area contributed by atoms with Crippen molar-refractivity contribution in [3.8, 4) is 0 Å². The van der Waals surface area contributed by atoms with Crippen molar-refractivity contribution >= 4 is 22.1 Å². The van der Waals surface area contributed by atoms with Crippen LogP contribution in [0.2, 0.25) is 0 Å². The van der Waals surface area contributed by atoms with Crippen LogP contribution < -0.4 is 29.6 Å². The molecule has 0 radical (unpaired) electrons. The second kappa shape index (κ2) is 19.7. The number of esters is 2. The molecule has 0 fully saturated rings. The second-order valence-electron chi connectivity index (χ2n) is 7.92. The monoisotopic (exact) mass is 516 g/mol. The van der Waals surface area contributed by atoms with Gasteiger partial charge in [-0.3, -0.25) is 0 Å². The van der Waals surface area contributed by atoms with Gasteiger partial charge in [0.05, 0.1) is 29.2 Å². The van der Waals surface area contributed by atoms with Crippen LogP contribution in [0.5, 0.6) is 0 Å². The number of benzene rings is 1. The summed E-state index contributed by atoms with van der Waals surface area (Å²) in [4.78, 5) is 24.5. The molecule has 0 aromatic heterocycles. The quantitative estimate of drug-likeness (QED) is 0.103. The third-order valence-electron chi connectivity index (χ3n) is 4.96. The van der Waals surface area contributed by atoms with E-state index in [1.807, 2.05) is 0 Å². The number of ether oxygens (including phenoxy) is 2. The van der Waals surface area contributed by atoms with Crippen molar-refractivity contribution < 1.29 is 61.6 Å². The molecule has 0 amide bonds. The Balaban J connectivity index is 0.0000116. The van der Waals surface area contributed by atoms with Crippen molar-refractivity contribution in [2.24, 2.45) is 0 Å². The third-order valence-corrected chi connectivity index (χ3v) is 5.84. The average molecular weight is 517 g/mol. The molecule has 190 valence electrons. The fraction of sp³-hybridized carbons (Fsp3) is 0.538. The maximum Gasteiger partial charge on any atom is 1.00 e. The first-order valence-corrected chi connectivity index (χ1v) is 13.5. The summed E-state index contributed by atoms with van der Waals surface area (Å²) in [5.41, 5.74) is -0.847. The maximum atomic E-state index is 12.7. The molecule has 0 atom stereocenters. The van der Waals surface area contributed by atoms with Gasteiger partial charge in [0.15, 0.2) is 0 Å². The Morgan fingerprint density at radius 2 is 1.29 bits per heavy atom. The Morgan fingerprint density at radius 1 is 0.800 bits per heavy atom. The van der Waals surface area contributed by atoms with Crippen molar-refractivity contribution in [2.75, 3.05) is 13.2 Å². The Hall–Kier alpha value is -1.45. The molecular formula is C26H37NaO7S. The van der Waals surface area contributed by atoms with Gasteiger partial charge in [0.1, 0.15) is 10.1 Å². The van der Waals surface area contributed by atoms with E-state index in [2.05, 4.69) is 38.2 Å². The van der Waals surface area contributed by atoms with Gasteiger partial charge in [-0.05, 0) is 63.5 Å². The molecule has 0 saturated heterocycles. The molecule has 0 aliphatic heterocycles. The van der Waals surface area contributed by atoms with E-state index in [4.69, 9.17) is 9.47 Å². The minimum absolute atomic E-state index is 0. The van der Waals surface area contributed by atoms with Gasteiger partial charge >= 0.3 is 41.5 Å². The largest absolute Gasteiger partial charge is 1.00 e. The van der Waals surface area contributed by atoms with E-state index in [1.54, 1.807) is 0 Å². The van der Waals surface area contributed by atoms with Gasteiger partial charge in [0.25, 0.3) is 0 Å². The van der Waals surface area contributed by atoms with Crippen LogP contribution in [0.15, 0.2) is 47.4 Å². The fourth-order valence-corrected chi connectivity index (χ4v) is 3.82. The molecule has 35 heavy (non-hydrogen) atoms. The molecule has 0 unspecified atom stereocenters. The van der Waals surface area contributed by atoms with Crippen molar-refractivity contribution in [2.45, 2.75) is 83.0 Å². The van der Waals surface area contributed by atoms with Crippen molar-refractivity contribution in [1.82, 2.24) is 0 Å². The van der Waals surface area contributed by atoms with Crippen LogP contribution in [0.3, 0.4) is 0 Å². The van der Waals surface area contributed by atoms with Gasteiger partial charge < -0.3 is 14.0 Å². The molecule has 0 spiro atoms. The Bertz CT molecular complexity index is 924. The van der Waals surface area contributed by atoms with E-state index < -0.39 is 32.5 Å². The van der Waals surface area contributed by atoms with Crippen LogP contribution in [-0.4, -0.2) is 38.1 Å². The minimum Gasteiger partial charge on any atom is -0.744 e. The number of allylic oxidation sites excluding steroid dienone is 4. The molecule has 9 heteroatoms. The first kappa shape index (κ1) is 33.5. The number of hydrogen-bond acceptors (Lipinski definition) is 7. The summed E-state index contributed by atoms with van der Waals surface area (Å²) in [6, 6.07) is 3.50. The smallest absolute Gasteiger partial charge is 0.744 e. The zero-order valence-corrected chi connectivity index (χ0v) is 24.1. The van der Waals surface area contributed by atoms with E-state index in [1.165, 1.54) is 12.1 Å². The molecule has 0 N–H and O–H groups in total. The summed E-state index contributed by atoms with van der Waals surface area (Å²) >= 11 is 0. The number of unbranched alkanes of at least 4 members (excludes halogenated alkanes) is 6. The summed E-state index contributed by atoms with van der Waals surface area (Å²) in [5, 5.41) is 0. The van der Waals surface area contributed by atoms with Crippen LogP contribution in [-0.2, 0) is 19.6 Å². The fourth-order valence-electron chi connectivity index (χ4n) is 3.13. The van der Waals surface area contributed by atoms with Gasteiger partial charge in [0, 0.05) is 0 Å². The SMILES string of the molecule is CCC/C=C/CCCCOC(=O)c1cccc(S(=O)(=O)[O-])c1C(=O)OCCCC/C=C/CCC.[Na+]. The standard InChI is InChI=1S/C26H38O7S.Na/c1-3-5-7-9-11-13-15-20-32-25(27)22-18-17-19-23(34(29,30)31)24(22)26(28)33-21-16-14-12-10-8-6-4-2;/h7-10,17-19H,3-6,11-16,20-21H2,1-2H3,(H,29,30,31);/q;+1/p-1/b9-7+,10-8+;. The number of rotatable bonds is 17. The van der Waals surface area contributed by atoms with E-state index in [-0.39, 0.29) is 48.3 Å². The topological polar surface area (TPSA) is 110 Å². The molecule has 1 aromatic rings. The van der Waals surface area contributed by atoms with Crippen LogP contribution in [0, 0.1) is 0 Å². The number of carbonyl (C=O) groups excluding carboxylic acids is 2. The molecule has 1 rings (SSSR count). The summed E-state index contributed by atoms with van der Waals surface area (Å²) in [6.45, 7) is 4.37. The van der Waals surface area contributed by atoms with E-state index in [0.717, 1.165) is 57.4 Å². The van der Waals surface area contributed by atoms with E-state index in [9.17, 15) is 22.6 Å². The summed E-state index contributed by atoms with van der Waals surface area (Å²) in [5.74, 6) is -1.88. The van der Waals surface area contributed by atoms with Gasteiger partial charge in [-0.1, -0.05) is 57.1 Å². The van der Waals surface area contributed by atoms with Gasteiger partial charge in [-0.25, -0.2) is 18.0 Å². The van der Waals surface area contributed by atoms with E-state index in [0.29, 0.717) is 12.8 Å². The zero-order chi connectivity index (χ0) is 25.2. The first-order chi connectivity index (χ1) is 16.3. The molecule has 7 nitrogen and oxygen atoms in total. The summed E-state index contributed by atoms with van der Waals surface area (Å²) < 4.78 is 45.6. The third kappa shape index (κ3) is 14.0. The Morgan fingerprint density at radius 3 is 1.77 bits per heavy atom. The second-order valence-corrected chi connectivity index (χ2v) is 9.26. The molecular weight excluding hydrogens is 479 g/mol. The van der Waals surface area contributed by atoms with Crippen LogP contribution in [0.25, 0.3) is 0 Å². The number of carbonyl (C=O) groups is 2. The minimum atomic E-state index is -5.00. The number of hydrogen-bond donors (Lipinski definition) is 0.